The Bertz CT molecular complexity index is 1130. The SMILES string of the molecule is COc1ccc(-c2cc(OC)c(-c3ncncn3)c(-c3ccccc3O)c2)cc1. The van der Waals surface area contributed by atoms with Gasteiger partial charge in [-0.3, -0.25) is 0 Å². The first-order valence-corrected chi connectivity index (χ1v) is 8.98. The van der Waals surface area contributed by atoms with Crippen molar-refractivity contribution in [2.24, 2.45) is 0 Å². The number of para-hydroxylation sites is 1. The molecule has 1 N–H and O–H groups in total. The van der Waals surface area contributed by atoms with Crippen LogP contribution in [0.2, 0.25) is 0 Å². The van der Waals surface area contributed by atoms with E-state index in [1.54, 1.807) is 26.4 Å². The summed E-state index contributed by atoms with van der Waals surface area (Å²) in [6.07, 6.45) is 2.88. The van der Waals surface area contributed by atoms with Gasteiger partial charge in [-0.05, 0) is 41.5 Å². The van der Waals surface area contributed by atoms with Crippen molar-refractivity contribution in [3.05, 3.63) is 73.3 Å². The van der Waals surface area contributed by atoms with E-state index in [1.807, 2.05) is 48.5 Å². The Kier molecular flexibility index (Phi) is 5.07. The number of benzene rings is 3. The molecule has 0 radical (unpaired) electrons. The fraction of sp³-hybridized carbons (Fsp3) is 0.0870. The normalized spacial score (nSPS) is 10.6. The number of aromatic hydroxyl groups is 1. The molecule has 0 atom stereocenters. The molecule has 0 saturated carbocycles. The highest BCUT2D eigenvalue weighted by molar-refractivity contribution is 5.91. The highest BCUT2D eigenvalue weighted by Crippen LogP contribution is 2.43. The molecule has 29 heavy (non-hydrogen) atoms. The van der Waals surface area contributed by atoms with E-state index in [1.165, 1.54) is 12.7 Å². The zero-order chi connectivity index (χ0) is 20.2. The quantitative estimate of drug-likeness (QED) is 0.541. The van der Waals surface area contributed by atoms with Gasteiger partial charge in [0.2, 0.25) is 0 Å². The molecule has 0 amide bonds. The number of phenolic OH excluding ortho intramolecular Hbond substituents is 1. The molecule has 0 saturated heterocycles. The first-order valence-electron chi connectivity index (χ1n) is 8.98. The molecule has 1 aromatic heterocycles. The number of rotatable bonds is 5. The fourth-order valence-electron chi connectivity index (χ4n) is 3.24. The molecule has 0 aliphatic carbocycles. The van der Waals surface area contributed by atoms with Crippen LogP contribution in [0.15, 0.2) is 73.3 Å². The van der Waals surface area contributed by atoms with Gasteiger partial charge in [-0.25, -0.2) is 15.0 Å². The third-order valence-corrected chi connectivity index (χ3v) is 4.66. The smallest absolute Gasteiger partial charge is 0.167 e. The van der Waals surface area contributed by atoms with E-state index < -0.39 is 0 Å². The molecule has 6 nitrogen and oxygen atoms in total. The Balaban J connectivity index is 1.99. The third kappa shape index (κ3) is 3.60. The van der Waals surface area contributed by atoms with Gasteiger partial charge in [0.05, 0.1) is 19.8 Å². The van der Waals surface area contributed by atoms with Crippen molar-refractivity contribution in [3.8, 4) is 50.9 Å². The summed E-state index contributed by atoms with van der Waals surface area (Å²) in [6.45, 7) is 0. The minimum absolute atomic E-state index is 0.164. The predicted molar refractivity (Wildman–Crippen MR) is 111 cm³/mol. The second-order valence-corrected chi connectivity index (χ2v) is 6.31. The highest BCUT2D eigenvalue weighted by Gasteiger charge is 2.20. The Morgan fingerprint density at radius 2 is 1.48 bits per heavy atom. The van der Waals surface area contributed by atoms with Crippen LogP contribution in [-0.2, 0) is 0 Å². The maximum atomic E-state index is 10.5. The second-order valence-electron chi connectivity index (χ2n) is 6.31. The summed E-state index contributed by atoms with van der Waals surface area (Å²) in [4.78, 5) is 12.5. The largest absolute Gasteiger partial charge is 0.507 e. The Morgan fingerprint density at radius 1 is 0.759 bits per heavy atom. The zero-order valence-corrected chi connectivity index (χ0v) is 16.0. The first kappa shape index (κ1) is 18.4. The Hall–Kier alpha value is -3.93. The summed E-state index contributed by atoms with van der Waals surface area (Å²) < 4.78 is 11.0. The van der Waals surface area contributed by atoms with Crippen LogP contribution in [0.25, 0.3) is 33.6 Å². The number of hydrogen-bond donors (Lipinski definition) is 1. The number of hydrogen-bond acceptors (Lipinski definition) is 6. The van der Waals surface area contributed by atoms with Gasteiger partial charge in [-0.15, -0.1) is 0 Å². The molecule has 144 valence electrons. The van der Waals surface area contributed by atoms with Gasteiger partial charge in [-0.1, -0.05) is 30.3 Å². The van der Waals surface area contributed by atoms with Gasteiger partial charge in [0, 0.05) is 11.1 Å². The average molecular weight is 385 g/mol. The lowest BCUT2D eigenvalue weighted by Gasteiger charge is -2.17. The molecule has 3 aromatic carbocycles. The minimum atomic E-state index is 0.164. The van der Waals surface area contributed by atoms with Crippen molar-refractivity contribution in [1.82, 2.24) is 15.0 Å². The molecular weight excluding hydrogens is 366 g/mol. The van der Waals surface area contributed by atoms with Crippen molar-refractivity contribution in [1.29, 1.82) is 0 Å². The summed E-state index contributed by atoms with van der Waals surface area (Å²) in [5.74, 6) is 2.01. The van der Waals surface area contributed by atoms with Crippen LogP contribution in [0.3, 0.4) is 0 Å². The highest BCUT2D eigenvalue weighted by atomic mass is 16.5. The van der Waals surface area contributed by atoms with E-state index in [2.05, 4.69) is 15.0 Å². The summed E-state index contributed by atoms with van der Waals surface area (Å²) in [5.41, 5.74) is 4.04. The number of aromatic nitrogens is 3. The molecule has 0 bridgehead atoms. The maximum Gasteiger partial charge on any atom is 0.167 e. The summed E-state index contributed by atoms with van der Waals surface area (Å²) >= 11 is 0. The summed E-state index contributed by atoms with van der Waals surface area (Å²) in [7, 11) is 3.24. The molecule has 6 heteroatoms. The molecular formula is C23H19N3O3. The van der Waals surface area contributed by atoms with Gasteiger partial charge in [0.1, 0.15) is 29.9 Å². The van der Waals surface area contributed by atoms with Crippen LogP contribution < -0.4 is 9.47 Å². The van der Waals surface area contributed by atoms with Crippen LogP contribution in [-0.4, -0.2) is 34.3 Å². The van der Waals surface area contributed by atoms with Crippen LogP contribution in [0, 0.1) is 0 Å². The molecule has 0 aliphatic heterocycles. The van der Waals surface area contributed by atoms with Gasteiger partial charge in [0.25, 0.3) is 0 Å². The fourth-order valence-corrected chi connectivity index (χ4v) is 3.24. The first-order chi connectivity index (χ1) is 14.2. The summed E-state index contributed by atoms with van der Waals surface area (Å²) in [5, 5.41) is 10.5. The Morgan fingerprint density at radius 3 is 2.14 bits per heavy atom. The van der Waals surface area contributed by atoms with Crippen molar-refractivity contribution in [2.45, 2.75) is 0 Å². The van der Waals surface area contributed by atoms with Crippen molar-refractivity contribution in [3.63, 3.8) is 0 Å². The monoisotopic (exact) mass is 385 g/mol. The maximum absolute atomic E-state index is 10.5. The standard InChI is InChI=1S/C23H19N3O3/c1-28-17-9-7-15(8-10-17)16-11-19(18-5-3-4-6-20(18)27)22(21(12-16)29-2)23-25-13-24-14-26-23/h3-14,27H,1-2H3. The van der Waals surface area contributed by atoms with E-state index in [4.69, 9.17) is 9.47 Å². The minimum Gasteiger partial charge on any atom is -0.507 e. The molecule has 0 fully saturated rings. The van der Waals surface area contributed by atoms with Crippen LogP contribution in [0.1, 0.15) is 0 Å². The van der Waals surface area contributed by atoms with E-state index in [0.717, 1.165) is 22.4 Å². The van der Waals surface area contributed by atoms with E-state index in [0.29, 0.717) is 22.7 Å². The van der Waals surface area contributed by atoms with Gasteiger partial charge < -0.3 is 14.6 Å². The van der Waals surface area contributed by atoms with Crippen molar-refractivity contribution in [2.75, 3.05) is 14.2 Å². The lowest BCUT2D eigenvalue weighted by atomic mass is 9.92. The zero-order valence-electron chi connectivity index (χ0n) is 16.0. The second kappa shape index (κ2) is 7.98. The molecule has 4 aromatic rings. The molecule has 0 unspecified atom stereocenters. The lowest BCUT2D eigenvalue weighted by molar-refractivity contribution is 0.415. The lowest BCUT2D eigenvalue weighted by Crippen LogP contribution is -1.98. The van der Waals surface area contributed by atoms with Crippen molar-refractivity contribution < 1.29 is 14.6 Å². The Labute approximate surface area is 168 Å². The van der Waals surface area contributed by atoms with E-state index >= 15 is 0 Å². The number of nitrogens with zero attached hydrogens (tertiary/aromatic N) is 3. The van der Waals surface area contributed by atoms with E-state index in [9.17, 15) is 5.11 Å². The average Bonchev–Trinajstić information content (AvgIpc) is 2.79. The van der Waals surface area contributed by atoms with Gasteiger partial charge in [-0.2, -0.15) is 0 Å². The summed E-state index contributed by atoms with van der Waals surface area (Å²) in [6, 6.07) is 18.9. The predicted octanol–water partition coefficient (Wildman–Crippen LogP) is 4.60. The number of ether oxygens (including phenoxy) is 2. The molecule has 0 aliphatic rings. The van der Waals surface area contributed by atoms with Crippen LogP contribution in [0.4, 0.5) is 0 Å². The molecule has 0 spiro atoms. The van der Waals surface area contributed by atoms with Gasteiger partial charge >= 0.3 is 0 Å². The van der Waals surface area contributed by atoms with Gasteiger partial charge in [0.15, 0.2) is 5.82 Å². The number of methoxy groups -OCH3 is 2. The van der Waals surface area contributed by atoms with Crippen molar-refractivity contribution >= 4 is 0 Å². The topological polar surface area (TPSA) is 77.4 Å². The van der Waals surface area contributed by atoms with E-state index in [-0.39, 0.29) is 5.75 Å². The molecule has 4 rings (SSSR count). The third-order valence-electron chi connectivity index (χ3n) is 4.66. The van der Waals surface area contributed by atoms with Crippen LogP contribution in [0.5, 0.6) is 17.2 Å². The molecule has 1 heterocycles. The number of phenols is 1. The van der Waals surface area contributed by atoms with Crippen LogP contribution >= 0.6 is 0 Å².